The first kappa shape index (κ1) is 11.6. The Morgan fingerprint density at radius 3 is 2.88 bits per heavy atom. The second-order valence-corrected chi connectivity index (χ2v) is 5.80. The van der Waals surface area contributed by atoms with Crippen LogP contribution < -0.4 is 5.32 Å². The Kier molecular flexibility index (Phi) is 3.61. The van der Waals surface area contributed by atoms with Crippen LogP contribution in [-0.2, 0) is 6.54 Å². The largest absolute Gasteiger partial charge is 0.379 e. The fourth-order valence-electron chi connectivity index (χ4n) is 1.46. The van der Waals surface area contributed by atoms with Gasteiger partial charge in [0.1, 0.15) is 0 Å². The van der Waals surface area contributed by atoms with Crippen molar-refractivity contribution in [1.82, 2.24) is 4.98 Å². The molecule has 0 radical (unpaired) electrons. The molecule has 0 atom stereocenters. The summed E-state index contributed by atoms with van der Waals surface area (Å²) in [6, 6.07) is 6.17. The molecule has 0 saturated carbocycles. The van der Waals surface area contributed by atoms with Crippen LogP contribution in [0.25, 0.3) is 0 Å². The number of nitrogens with zero attached hydrogens (tertiary/aromatic N) is 1. The van der Waals surface area contributed by atoms with Gasteiger partial charge in [0.05, 0.1) is 11.4 Å². The zero-order chi connectivity index (χ0) is 11.5. The van der Waals surface area contributed by atoms with Gasteiger partial charge >= 0.3 is 0 Å². The number of hydrogen-bond donors (Lipinski definition) is 1. The summed E-state index contributed by atoms with van der Waals surface area (Å²) in [5.41, 5.74) is 2.14. The molecule has 0 aliphatic rings. The van der Waals surface area contributed by atoms with Crippen molar-refractivity contribution in [2.75, 3.05) is 5.32 Å². The molecule has 0 saturated heterocycles. The molecule has 2 aromatic heterocycles. The fourth-order valence-corrected chi connectivity index (χ4v) is 3.00. The molecule has 2 rings (SSSR count). The van der Waals surface area contributed by atoms with Gasteiger partial charge < -0.3 is 5.32 Å². The number of thiophene rings is 1. The Hall–Kier alpha value is -0.870. The van der Waals surface area contributed by atoms with Crippen molar-refractivity contribution in [3.05, 3.63) is 44.3 Å². The van der Waals surface area contributed by atoms with Crippen LogP contribution in [0.3, 0.4) is 0 Å². The Balaban J connectivity index is 2.05. The lowest BCUT2D eigenvalue weighted by atomic mass is 10.3. The number of nitrogens with one attached hydrogen (secondary N) is 1. The molecule has 0 bridgehead atoms. The van der Waals surface area contributed by atoms with Gasteiger partial charge in [0, 0.05) is 27.0 Å². The van der Waals surface area contributed by atoms with Crippen molar-refractivity contribution in [2.24, 2.45) is 0 Å². The highest BCUT2D eigenvalue weighted by atomic mass is 79.9. The van der Waals surface area contributed by atoms with Gasteiger partial charge in [-0.3, -0.25) is 4.98 Å². The number of pyridine rings is 1. The summed E-state index contributed by atoms with van der Waals surface area (Å²) in [7, 11) is 0. The van der Waals surface area contributed by atoms with E-state index < -0.39 is 0 Å². The topological polar surface area (TPSA) is 24.9 Å². The van der Waals surface area contributed by atoms with E-state index in [1.807, 2.05) is 30.5 Å². The van der Waals surface area contributed by atoms with Crippen molar-refractivity contribution in [3.8, 4) is 0 Å². The molecule has 0 amide bonds. The van der Waals surface area contributed by atoms with E-state index in [1.54, 1.807) is 0 Å². The van der Waals surface area contributed by atoms with E-state index in [4.69, 9.17) is 0 Å². The number of aryl methyl sites for hydroxylation is 2. The van der Waals surface area contributed by atoms with Crippen LogP contribution in [0.2, 0.25) is 0 Å². The van der Waals surface area contributed by atoms with E-state index in [-0.39, 0.29) is 0 Å². The normalized spacial score (nSPS) is 10.4. The summed E-state index contributed by atoms with van der Waals surface area (Å²) in [6.07, 6.45) is 1.81. The highest BCUT2D eigenvalue weighted by Crippen LogP contribution is 2.27. The van der Waals surface area contributed by atoms with E-state index in [0.29, 0.717) is 0 Å². The lowest BCUT2D eigenvalue weighted by molar-refractivity contribution is 1.13. The highest BCUT2D eigenvalue weighted by Gasteiger charge is 2.03. The van der Waals surface area contributed by atoms with Gasteiger partial charge in [0.2, 0.25) is 0 Å². The predicted molar refractivity (Wildman–Crippen MR) is 73.1 cm³/mol. The maximum absolute atomic E-state index is 4.25. The smallest absolute Gasteiger partial charge is 0.0603 e. The van der Waals surface area contributed by atoms with Gasteiger partial charge in [-0.25, -0.2) is 0 Å². The second-order valence-electron chi connectivity index (χ2n) is 3.61. The second kappa shape index (κ2) is 4.97. The zero-order valence-electron chi connectivity index (χ0n) is 9.25. The Morgan fingerprint density at radius 2 is 2.25 bits per heavy atom. The Morgan fingerprint density at radius 1 is 1.44 bits per heavy atom. The summed E-state index contributed by atoms with van der Waals surface area (Å²) in [4.78, 5) is 6.89. The van der Waals surface area contributed by atoms with Gasteiger partial charge in [0.15, 0.2) is 0 Å². The maximum atomic E-state index is 4.25. The van der Waals surface area contributed by atoms with Crippen molar-refractivity contribution < 1.29 is 0 Å². The van der Waals surface area contributed by atoms with E-state index >= 15 is 0 Å². The molecule has 2 nitrogen and oxygen atoms in total. The SMILES string of the molecule is Cc1ncccc1NCc1cc(Br)c(C)s1. The molecular formula is C12H13BrN2S. The minimum Gasteiger partial charge on any atom is -0.379 e. The average molecular weight is 297 g/mol. The molecule has 16 heavy (non-hydrogen) atoms. The first-order valence-electron chi connectivity index (χ1n) is 5.07. The number of hydrogen-bond acceptors (Lipinski definition) is 3. The van der Waals surface area contributed by atoms with Crippen LogP contribution in [-0.4, -0.2) is 4.98 Å². The molecule has 0 aliphatic heterocycles. The molecule has 0 unspecified atom stereocenters. The lowest BCUT2D eigenvalue weighted by Gasteiger charge is -2.06. The van der Waals surface area contributed by atoms with E-state index in [1.165, 1.54) is 14.2 Å². The summed E-state index contributed by atoms with van der Waals surface area (Å²) in [5.74, 6) is 0. The quantitative estimate of drug-likeness (QED) is 0.921. The van der Waals surface area contributed by atoms with Gasteiger partial charge in [-0.15, -0.1) is 11.3 Å². The van der Waals surface area contributed by atoms with Crippen LogP contribution in [0.1, 0.15) is 15.4 Å². The number of rotatable bonds is 3. The number of anilines is 1. The molecule has 0 aromatic carbocycles. The predicted octanol–water partition coefficient (Wildman–Crippen LogP) is 4.13. The fraction of sp³-hybridized carbons (Fsp3) is 0.250. The first-order valence-corrected chi connectivity index (χ1v) is 6.68. The van der Waals surface area contributed by atoms with Crippen molar-refractivity contribution in [1.29, 1.82) is 0 Å². The molecule has 4 heteroatoms. The van der Waals surface area contributed by atoms with Gasteiger partial charge in [-0.1, -0.05) is 0 Å². The molecule has 1 N–H and O–H groups in total. The van der Waals surface area contributed by atoms with Crippen LogP contribution >= 0.6 is 27.3 Å². The third-order valence-electron chi connectivity index (χ3n) is 2.37. The highest BCUT2D eigenvalue weighted by molar-refractivity contribution is 9.10. The van der Waals surface area contributed by atoms with Crippen LogP contribution in [0, 0.1) is 13.8 Å². The molecule has 0 fully saturated rings. The summed E-state index contributed by atoms with van der Waals surface area (Å²) in [5, 5.41) is 3.40. The monoisotopic (exact) mass is 296 g/mol. The van der Waals surface area contributed by atoms with Crippen molar-refractivity contribution in [3.63, 3.8) is 0 Å². The van der Waals surface area contributed by atoms with E-state index in [2.05, 4.69) is 45.3 Å². The van der Waals surface area contributed by atoms with E-state index in [0.717, 1.165) is 17.9 Å². The van der Waals surface area contributed by atoms with Crippen LogP contribution in [0.5, 0.6) is 0 Å². The number of halogens is 1. The van der Waals surface area contributed by atoms with Gasteiger partial charge in [-0.05, 0) is 48.0 Å². The van der Waals surface area contributed by atoms with Crippen molar-refractivity contribution in [2.45, 2.75) is 20.4 Å². The van der Waals surface area contributed by atoms with Gasteiger partial charge in [-0.2, -0.15) is 0 Å². The molecule has 2 aromatic rings. The summed E-state index contributed by atoms with van der Waals surface area (Å²) in [6.45, 7) is 4.98. The first-order chi connectivity index (χ1) is 7.66. The number of aromatic nitrogens is 1. The van der Waals surface area contributed by atoms with Crippen LogP contribution in [0.4, 0.5) is 5.69 Å². The standard InChI is InChI=1S/C12H13BrN2S/c1-8-12(4-3-5-14-8)15-7-10-6-11(13)9(2)16-10/h3-6,15H,7H2,1-2H3. The average Bonchev–Trinajstić information content (AvgIpc) is 2.57. The Labute approximate surface area is 108 Å². The maximum Gasteiger partial charge on any atom is 0.0603 e. The molecule has 2 heterocycles. The molecule has 0 spiro atoms. The molecule has 84 valence electrons. The summed E-state index contributed by atoms with van der Waals surface area (Å²) < 4.78 is 1.19. The molecule has 0 aliphatic carbocycles. The zero-order valence-corrected chi connectivity index (χ0v) is 11.7. The molecular weight excluding hydrogens is 284 g/mol. The third-order valence-corrected chi connectivity index (χ3v) is 4.50. The third kappa shape index (κ3) is 2.62. The van der Waals surface area contributed by atoms with Crippen LogP contribution in [0.15, 0.2) is 28.9 Å². The van der Waals surface area contributed by atoms with Crippen molar-refractivity contribution >= 4 is 33.0 Å². The lowest BCUT2D eigenvalue weighted by Crippen LogP contribution is -2.00. The Bertz CT molecular complexity index is 474. The van der Waals surface area contributed by atoms with E-state index in [9.17, 15) is 0 Å². The minimum absolute atomic E-state index is 0.851. The van der Waals surface area contributed by atoms with Gasteiger partial charge in [0.25, 0.3) is 0 Å². The summed E-state index contributed by atoms with van der Waals surface area (Å²) >= 11 is 5.34. The minimum atomic E-state index is 0.851.